The molecule has 2 rings (SSSR count). The lowest BCUT2D eigenvalue weighted by molar-refractivity contribution is 0.0850. The van der Waals surface area contributed by atoms with E-state index in [1.807, 2.05) is 38.1 Å². The van der Waals surface area contributed by atoms with Gasteiger partial charge in [-0.1, -0.05) is 56.7 Å². The fourth-order valence-corrected chi connectivity index (χ4v) is 2.50. The highest BCUT2D eigenvalue weighted by Crippen LogP contribution is 2.26. The number of nitrogens with zero attached hydrogens (tertiary/aromatic N) is 1. The number of carbonyl (C=O) groups is 1. The molecule has 0 aliphatic carbocycles. The van der Waals surface area contributed by atoms with E-state index in [9.17, 15) is 15.2 Å². The van der Waals surface area contributed by atoms with E-state index in [1.54, 1.807) is 24.3 Å². The molecule has 4 heteroatoms. The van der Waals surface area contributed by atoms with Crippen molar-refractivity contribution in [2.24, 2.45) is 5.92 Å². The van der Waals surface area contributed by atoms with Crippen molar-refractivity contribution in [1.29, 1.82) is 5.26 Å². The van der Waals surface area contributed by atoms with Gasteiger partial charge in [0.25, 0.3) is 5.91 Å². The third-order valence-electron chi connectivity index (χ3n) is 4.28. The molecule has 0 aliphatic rings. The standard InChI is InChI=1S/C20H22N2O2/c1-3-14(2)19(23)13-22-20(24)18-11-7-6-10-17(18)16-9-5-4-8-15(16)12-21/h4-11,14,19,23H,3,13H2,1-2H3,(H,22,24). The van der Waals surface area contributed by atoms with Gasteiger partial charge < -0.3 is 10.4 Å². The number of nitrogens with one attached hydrogen (secondary N) is 1. The quantitative estimate of drug-likeness (QED) is 0.856. The highest BCUT2D eigenvalue weighted by atomic mass is 16.3. The van der Waals surface area contributed by atoms with E-state index in [-0.39, 0.29) is 18.4 Å². The first-order chi connectivity index (χ1) is 11.6. The fraction of sp³-hybridized carbons (Fsp3) is 0.300. The van der Waals surface area contributed by atoms with Gasteiger partial charge in [0.2, 0.25) is 0 Å². The van der Waals surface area contributed by atoms with Crippen LogP contribution in [0.1, 0.15) is 36.2 Å². The van der Waals surface area contributed by atoms with Crippen molar-refractivity contribution in [3.05, 3.63) is 59.7 Å². The predicted octanol–water partition coefficient (Wildman–Crippen LogP) is 3.36. The zero-order chi connectivity index (χ0) is 17.5. The molecule has 0 saturated carbocycles. The summed E-state index contributed by atoms with van der Waals surface area (Å²) < 4.78 is 0. The van der Waals surface area contributed by atoms with E-state index in [1.165, 1.54) is 0 Å². The van der Waals surface area contributed by atoms with Gasteiger partial charge in [0.15, 0.2) is 0 Å². The molecule has 0 fully saturated rings. The van der Waals surface area contributed by atoms with Crippen molar-refractivity contribution in [2.45, 2.75) is 26.4 Å². The van der Waals surface area contributed by atoms with E-state index in [0.29, 0.717) is 16.7 Å². The second-order valence-corrected chi connectivity index (χ2v) is 5.87. The van der Waals surface area contributed by atoms with Crippen LogP contribution in [0.5, 0.6) is 0 Å². The summed E-state index contributed by atoms with van der Waals surface area (Å²) in [6.45, 7) is 4.17. The summed E-state index contributed by atoms with van der Waals surface area (Å²) in [5, 5.41) is 22.1. The van der Waals surface area contributed by atoms with Gasteiger partial charge in [-0.15, -0.1) is 0 Å². The summed E-state index contributed by atoms with van der Waals surface area (Å²) in [7, 11) is 0. The van der Waals surface area contributed by atoms with Gasteiger partial charge >= 0.3 is 0 Å². The van der Waals surface area contributed by atoms with E-state index in [0.717, 1.165) is 12.0 Å². The average molecular weight is 322 g/mol. The maximum Gasteiger partial charge on any atom is 0.252 e. The molecule has 2 aromatic carbocycles. The van der Waals surface area contributed by atoms with Crippen LogP contribution in [0, 0.1) is 17.2 Å². The summed E-state index contributed by atoms with van der Waals surface area (Å²) in [6, 6.07) is 16.6. The zero-order valence-electron chi connectivity index (χ0n) is 14.0. The molecule has 0 saturated heterocycles. The van der Waals surface area contributed by atoms with E-state index in [2.05, 4.69) is 11.4 Å². The van der Waals surface area contributed by atoms with Gasteiger partial charge in [0.05, 0.1) is 17.7 Å². The number of amides is 1. The van der Waals surface area contributed by atoms with E-state index in [4.69, 9.17) is 0 Å². The third-order valence-corrected chi connectivity index (χ3v) is 4.28. The summed E-state index contributed by atoms with van der Waals surface area (Å²) >= 11 is 0. The van der Waals surface area contributed by atoms with E-state index >= 15 is 0 Å². The molecule has 0 aliphatic heterocycles. The van der Waals surface area contributed by atoms with Gasteiger partial charge in [0, 0.05) is 17.7 Å². The first-order valence-corrected chi connectivity index (χ1v) is 8.13. The Bertz CT molecular complexity index is 749. The molecular formula is C20H22N2O2. The van der Waals surface area contributed by atoms with Crippen LogP contribution in [0.3, 0.4) is 0 Å². The number of nitriles is 1. The number of aliphatic hydroxyl groups excluding tert-OH is 1. The maximum atomic E-state index is 12.5. The van der Waals surface area contributed by atoms with Crippen LogP contribution in [-0.4, -0.2) is 23.7 Å². The van der Waals surface area contributed by atoms with Crippen LogP contribution in [0.2, 0.25) is 0 Å². The summed E-state index contributed by atoms with van der Waals surface area (Å²) in [5.41, 5.74) is 2.47. The fourth-order valence-electron chi connectivity index (χ4n) is 2.50. The Morgan fingerprint density at radius 3 is 2.46 bits per heavy atom. The maximum absolute atomic E-state index is 12.5. The molecule has 124 valence electrons. The SMILES string of the molecule is CCC(C)C(O)CNC(=O)c1ccccc1-c1ccccc1C#N. The lowest BCUT2D eigenvalue weighted by atomic mass is 9.95. The minimum atomic E-state index is -0.572. The van der Waals surface area contributed by atoms with Crippen molar-refractivity contribution < 1.29 is 9.90 Å². The molecule has 24 heavy (non-hydrogen) atoms. The third kappa shape index (κ3) is 4.01. The van der Waals surface area contributed by atoms with Crippen molar-refractivity contribution in [2.75, 3.05) is 6.54 Å². The monoisotopic (exact) mass is 322 g/mol. The molecule has 2 N–H and O–H groups in total. The molecule has 0 bridgehead atoms. The lowest BCUT2D eigenvalue weighted by Crippen LogP contribution is -2.35. The second-order valence-electron chi connectivity index (χ2n) is 5.87. The predicted molar refractivity (Wildman–Crippen MR) is 94.4 cm³/mol. The number of rotatable bonds is 6. The molecule has 0 spiro atoms. The van der Waals surface area contributed by atoms with Gasteiger partial charge in [-0.25, -0.2) is 0 Å². The van der Waals surface area contributed by atoms with Crippen molar-refractivity contribution in [3.63, 3.8) is 0 Å². The Hall–Kier alpha value is -2.64. The van der Waals surface area contributed by atoms with Gasteiger partial charge in [0.1, 0.15) is 0 Å². The molecule has 2 aromatic rings. The number of hydrogen-bond donors (Lipinski definition) is 2. The largest absolute Gasteiger partial charge is 0.391 e. The second kappa shape index (κ2) is 8.28. The van der Waals surface area contributed by atoms with Gasteiger partial charge in [-0.3, -0.25) is 4.79 Å². The highest BCUT2D eigenvalue weighted by molar-refractivity contribution is 6.01. The lowest BCUT2D eigenvalue weighted by Gasteiger charge is -2.18. The molecular weight excluding hydrogens is 300 g/mol. The topological polar surface area (TPSA) is 73.1 Å². The zero-order valence-corrected chi connectivity index (χ0v) is 14.0. The normalized spacial score (nSPS) is 12.9. The molecule has 0 aromatic heterocycles. The Labute approximate surface area is 142 Å². The Morgan fingerprint density at radius 1 is 1.17 bits per heavy atom. The van der Waals surface area contributed by atoms with Crippen molar-refractivity contribution >= 4 is 5.91 Å². The van der Waals surface area contributed by atoms with Crippen LogP contribution in [0.25, 0.3) is 11.1 Å². The van der Waals surface area contributed by atoms with Crippen LogP contribution in [0.15, 0.2) is 48.5 Å². The Balaban J connectivity index is 2.26. The number of aliphatic hydroxyl groups is 1. The molecule has 2 unspecified atom stereocenters. The molecule has 0 radical (unpaired) electrons. The molecule has 0 heterocycles. The first kappa shape index (κ1) is 17.7. The van der Waals surface area contributed by atoms with Crippen LogP contribution < -0.4 is 5.32 Å². The van der Waals surface area contributed by atoms with Gasteiger partial charge in [-0.2, -0.15) is 5.26 Å². The van der Waals surface area contributed by atoms with Crippen molar-refractivity contribution in [3.8, 4) is 17.2 Å². The van der Waals surface area contributed by atoms with Crippen LogP contribution in [0.4, 0.5) is 0 Å². The number of hydrogen-bond acceptors (Lipinski definition) is 3. The van der Waals surface area contributed by atoms with Gasteiger partial charge in [-0.05, 0) is 23.6 Å². The average Bonchev–Trinajstić information content (AvgIpc) is 2.64. The summed E-state index contributed by atoms with van der Waals surface area (Å²) in [4.78, 5) is 12.5. The number of carbonyl (C=O) groups excluding carboxylic acids is 1. The molecule has 1 amide bonds. The smallest absolute Gasteiger partial charge is 0.252 e. The minimum absolute atomic E-state index is 0.125. The summed E-state index contributed by atoms with van der Waals surface area (Å²) in [5.74, 6) is -0.124. The molecule has 2 atom stereocenters. The minimum Gasteiger partial charge on any atom is -0.391 e. The first-order valence-electron chi connectivity index (χ1n) is 8.13. The Morgan fingerprint density at radius 2 is 1.79 bits per heavy atom. The molecule has 4 nitrogen and oxygen atoms in total. The van der Waals surface area contributed by atoms with Crippen molar-refractivity contribution in [1.82, 2.24) is 5.32 Å². The number of benzene rings is 2. The Kier molecular flexibility index (Phi) is 6.11. The van der Waals surface area contributed by atoms with E-state index < -0.39 is 6.10 Å². The van der Waals surface area contributed by atoms with Crippen LogP contribution in [-0.2, 0) is 0 Å². The summed E-state index contributed by atoms with van der Waals surface area (Å²) in [6.07, 6.45) is 0.279. The van der Waals surface area contributed by atoms with Crippen LogP contribution >= 0.6 is 0 Å². The highest BCUT2D eigenvalue weighted by Gasteiger charge is 2.17.